The molecule has 0 bridgehead atoms. The van der Waals surface area contributed by atoms with Gasteiger partial charge in [0.05, 0.1) is 46.0 Å². The van der Waals surface area contributed by atoms with E-state index in [4.69, 9.17) is 16.3 Å². The number of nitrogens with zero attached hydrogens (tertiary/aromatic N) is 3. The monoisotopic (exact) mass is 665 g/mol. The second-order valence-electron chi connectivity index (χ2n) is 10.6. The molecule has 8 nitrogen and oxygen atoms in total. The quantitative estimate of drug-likeness (QED) is 0.147. The number of carbonyl (C=O) groups is 2. The first-order valence-electron chi connectivity index (χ1n) is 13.9. The number of benzene rings is 3. The van der Waals surface area contributed by atoms with E-state index in [0.717, 1.165) is 22.5 Å². The van der Waals surface area contributed by atoms with Crippen LogP contribution in [0.3, 0.4) is 0 Å². The van der Waals surface area contributed by atoms with Crippen molar-refractivity contribution in [3.63, 3.8) is 0 Å². The third kappa shape index (κ3) is 6.36. The summed E-state index contributed by atoms with van der Waals surface area (Å²) in [6.07, 6.45) is -3.15. The van der Waals surface area contributed by atoms with E-state index in [-0.39, 0.29) is 49.1 Å². The first kappa shape index (κ1) is 32.3. The lowest BCUT2D eigenvalue weighted by atomic mass is 10.0. The van der Waals surface area contributed by atoms with Gasteiger partial charge >= 0.3 is 18.1 Å². The smallest absolute Gasteiger partial charge is 0.416 e. The fourth-order valence-corrected chi connectivity index (χ4v) is 7.45. The average molecular weight is 666 g/mol. The summed E-state index contributed by atoms with van der Waals surface area (Å²) in [6.45, 7) is 3.36. The van der Waals surface area contributed by atoms with E-state index in [2.05, 4.69) is 0 Å². The summed E-state index contributed by atoms with van der Waals surface area (Å²) in [6, 6.07) is 12.0. The summed E-state index contributed by atoms with van der Waals surface area (Å²) in [7, 11) is -4.57. The Labute approximate surface area is 262 Å². The molecule has 0 spiro atoms. The van der Waals surface area contributed by atoms with Crippen LogP contribution in [0.4, 0.5) is 28.9 Å². The van der Waals surface area contributed by atoms with Crippen LogP contribution < -0.4 is 9.21 Å². The van der Waals surface area contributed by atoms with E-state index < -0.39 is 50.4 Å². The molecule has 0 unspecified atom stereocenters. The molecule has 0 aliphatic carbocycles. The molecule has 3 aromatic rings. The van der Waals surface area contributed by atoms with Crippen molar-refractivity contribution in [2.75, 3.05) is 42.0 Å². The van der Waals surface area contributed by atoms with Crippen molar-refractivity contribution in [2.45, 2.75) is 31.0 Å². The van der Waals surface area contributed by atoms with E-state index in [1.54, 1.807) is 44.2 Å². The van der Waals surface area contributed by atoms with E-state index in [9.17, 15) is 35.6 Å². The molecule has 2 aliphatic rings. The first-order valence-corrected chi connectivity index (χ1v) is 15.7. The standard InChI is InChI=1S/C31H28ClF4N3O5S/c1-3-44-30(41)29(40)37-12-13-38-22(17-37)18-39(45(42,43)23-7-4-6-21(16-23)31(34,35)36)27-15-20(10-11-26(27)38)14-19(2)28-24(32)8-5-9-25(28)33/h4-11,14-16,22H,3,12-13,17-18H2,1-2H3/b19-14+/t22-/m0/s1. The van der Waals surface area contributed by atoms with Crippen molar-refractivity contribution in [3.8, 4) is 0 Å². The lowest BCUT2D eigenvalue weighted by Gasteiger charge is -2.48. The van der Waals surface area contributed by atoms with Crippen LogP contribution in [0.2, 0.25) is 5.02 Å². The molecular formula is C31H28ClF4N3O5S. The molecule has 0 aromatic heterocycles. The predicted molar refractivity (Wildman–Crippen MR) is 162 cm³/mol. The zero-order valence-corrected chi connectivity index (χ0v) is 25.7. The van der Waals surface area contributed by atoms with E-state index >= 15 is 0 Å². The Kier molecular flexibility index (Phi) is 8.87. The van der Waals surface area contributed by atoms with Crippen LogP contribution in [0.25, 0.3) is 11.6 Å². The minimum Gasteiger partial charge on any atom is -0.459 e. The number of halogens is 5. The van der Waals surface area contributed by atoms with Crippen molar-refractivity contribution < 1.29 is 40.3 Å². The Morgan fingerprint density at radius 2 is 1.76 bits per heavy atom. The van der Waals surface area contributed by atoms with Crippen LogP contribution in [-0.4, -0.2) is 64.0 Å². The number of hydrogen-bond acceptors (Lipinski definition) is 6. The maximum absolute atomic E-state index is 14.6. The second-order valence-corrected chi connectivity index (χ2v) is 12.8. The molecule has 0 radical (unpaired) electrons. The number of fused-ring (bicyclic) bond motifs is 3. The Morgan fingerprint density at radius 3 is 2.44 bits per heavy atom. The molecule has 3 aromatic carbocycles. The molecule has 0 saturated carbocycles. The number of ether oxygens (including phenoxy) is 1. The van der Waals surface area contributed by atoms with Crippen molar-refractivity contribution >= 4 is 56.5 Å². The Morgan fingerprint density at radius 1 is 1.02 bits per heavy atom. The zero-order valence-electron chi connectivity index (χ0n) is 24.1. The van der Waals surface area contributed by atoms with Gasteiger partial charge in [-0.1, -0.05) is 35.9 Å². The fraction of sp³-hybridized carbons (Fsp3) is 0.290. The van der Waals surface area contributed by atoms with Crippen LogP contribution in [0, 0.1) is 5.82 Å². The van der Waals surface area contributed by atoms with Crippen molar-refractivity contribution in [1.29, 1.82) is 0 Å². The molecule has 1 atom stereocenters. The van der Waals surface area contributed by atoms with Crippen molar-refractivity contribution in [2.24, 2.45) is 0 Å². The topological polar surface area (TPSA) is 87.2 Å². The highest BCUT2D eigenvalue weighted by molar-refractivity contribution is 7.92. The number of sulfonamides is 1. The highest BCUT2D eigenvalue weighted by Gasteiger charge is 2.42. The van der Waals surface area contributed by atoms with Crippen LogP contribution in [-0.2, 0) is 30.5 Å². The van der Waals surface area contributed by atoms with Gasteiger partial charge in [-0.2, -0.15) is 13.2 Å². The fourth-order valence-electron chi connectivity index (χ4n) is 5.58. The molecule has 1 fully saturated rings. The molecule has 238 valence electrons. The molecule has 2 aliphatic heterocycles. The van der Waals surface area contributed by atoms with Gasteiger partial charge in [0.25, 0.3) is 10.0 Å². The number of rotatable bonds is 5. The van der Waals surface area contributed by atoms with Gasteiger partial charge in [-0.25, -0.2) is 17.6 Å². The number of piperazine rings is 1. The van der Waals surface area contributed by atoms with Gasteiger partial charge in [-0.3, -0.25) is 9.10 Å². The number of carbonyl (C=O) groups excluding carboxylic acids is 2. The number of amides is 1. The van der Waals surface area contributed by atoms with E-state index in [1.165, 1.54) is 17.0 Å². The molecule has 1 saturated heterocycles. The summed E-state index contributed by atoms with van der Waals surface area (Å²) in [5, 5.41) is 0.188. The number of hydrogen-bond donors (Lipinski definition) is 0. The summed E-state index contributed by atoms with van der Waals surface area (Å²) in [5.74, 6) is -2.43. The van der Waals surface area contributed by atoms with Gasteiger partial charge in [0.1, 0.15) is 5.82 Å². The zero-order chi connectivity index (χ0) is 32.7. The molecule has 2 heterocycles. The Bertz CT molecular complexity index is 1780. The van der Waals surface area contributed by atoms with Gasteiger partial charge in [0.2, 0.25) is 0 Å². The number of alkyl halides is 3. The lowest BCUT2D eigenvalue weighted by molar-refractivity contribution is -0.160. The predicted octanol–water partition coefficient (Wildman–Crippen LogP) is 5.85. The Hall–Kier alpha value is -4.10. The van der Waals surface area contributed by atoms with Crippen LogP contribution in [0.5, 0.6) is 0 Å². The minimum absolute atomic E-state index is 0.00370. The van der Waals surface area contributed by atoms with Gasteiger partial charge in [-0.15, -0.1) is 0 Å². The SMILES string of the molecule is CCOC(=O)C(=O)N1CCN2c3ccc(/C=C(\C)c4c(F)cccc4Cl)cc3N(S(=O)(=O)c3cccc(C(F)(F)F)c3)C[C@@H]2C1. The maximum Gasteiger partial charge on any atom is 0.416 e. The third-order valence-electron chi connectivity index (χ3n) is 7.66. The van der Waals surface area contributed by atoms with Gasteiger partial charge < -0.3 is 14.5 Å². The van der Waals surface area contributed by atoms with Crippen LogP contribution in [0.15, 0.2) is 65.6 Å². The van der Waals surface area contributed by atoms with Gasteiger partial charge in [-0.05, 0) is 67.4 Å². The molecule has 1 amide bonds. The molecule has 14 heteroatoms. The lowest BCUT2D eigenvalue weighted by Crippen LogP contribution is -2.62. The third-order valence-corrected chi connectivity index (χ3v) is 9.75. The number of anilines is 2. The largest absolute Gasteiger partial charge is 0.459 e. The van der Waals surface area contributed by atoms with E-state index in [1.807, 2.05) is 4.90 Å². The van der Waals surface area contributed by atoms with Gasteiger partial charge in [0.15, 0.2) is 0 Å². The molecular weight excluding hydrogens is 638 g/mol. The summed E-state index contributed by atoms with van der Waals surface area (Å²) in [4.78, 5) is 27.4. The summed E-state index contributed by atoms with van der Waals surface area (Å²) < 4.78 is 89.2. The second kappa shape index (κ2) is 12.4. The Balaban J connectivity index is 1.59. The maximum atomic E-state index is 14.6. The molecule has 5 rings (SSSR count). The highest BCUT2D eigenvalue weighted by Crippen LogP contribution is 2.42. The van der Waals surface area contributed by atoms with Gasteiger partial charge in [0, 0.05) is 25.2 Å². The molecule has 45 heavy (non-hydrogen) atoms. The normalized spacial score (nSPS) is 17.1. The van der Waals surface area contributed by atoms with Crippen LogP contribution in [0.1, 0.15) is 30.5 Å². The average Bonchev–Trinajstić information content (AvgIpc) is 2.99. The number of esters is 1. The summed E-state index contributed by atoms with van der Waals surface area (Å²) in [5.41, 5.74) is 0.654. The van der Waals surface area contributed by atoms with Crippen molar-refractivity contribution in [1.82, 2.24) is 4.90 Å². The van der Waals surface area contributed by atoms with E-state index in [0.29, 0.717) is 22.9 Å². The summed E-state index contributed by atoms with van der Waals surface area (Å²) >= 11 is 6.24. The molecule has 0 N–H and O–H groups in total. The van der Waals surface area contributed by atoms with Crippen LogP contribution >= 0.6 is 11.6 Å². The highest BCUT2D eigenvalue weighted by atomic mass is 35.5. The van der Waals surface area contributed by atoms with Crippen molar-refractivity contribution in [3.05, 3.63) is 88.2 Å². The first-order chi connectivity index (χ1) is 21.2. The minimum atomic E-state index is -4.77. The number of allylic oxidation sites excluding steroid dienone is 1.